The van der Waals surface area contributed by atoms with Crippen LogP contribution in [0.25, 0.3) is 0 Å². The molecule has 17 heavy (non-hydrogen) atoms. The van der Waals surface area contributed by atoms with E-state index in [0.717, 1.165) is 0 Å². The van der Waals surface area contributed by atoms with Crippen LogP contribution in [-0.2, 0) is 0 Å². The van der Waals surface area contributed by atoms with Crippen LogP contribution < -0.4 is 10.6 Å². The Kier molecular flexibility index (Phi) is 4.06. The molecule has 0 radical (unpaired) electrons. The molecule has 2 unspecified atom stereocenters. The second kappa shape index (κ2) is 5.54. The van der Waals surface area contributed by atoms with Gasteiger partial charge in [-0.2, -0.15) is 0 Å². The van der Waals surface area contributed by atoms with Crippen molar-refractivity contribution >= 4 is 5.69 Å². The Morgan fingerprint density at radius 1 is 1.41 bits per heavy atom. The molecule has 0 amide bonds. The van der Waals surface area contributed by atoms with Crippen molar-refractivity contribution in [1.82, 2.24) is 5.32 Å². The Labute approximate surface area is 105 Å². The minimum absolute atomic E-state index is 0.534. The van der Waals surface area contributed by atoms with Gasteiger partial charge in [-0.15, -0.1) is 0 Å². The zero-order chi connectivity index (χ0) is 12.3. The molecule has 0 aliphatic carbocycles. The van der Waals surface area contributed by atoms with Gasteiger partial charge in [-0.1, -0.05) is 17.7 Å². The first-order valence-corrected chi connectivity index (χ1v) is 6.72. The second-order valence-electron chi connectivity index (χ2n) is 5.39. The summed E-state index contributed by atoms with van der Waals surface area (Å²) in [5.41, 5.74) is 3.95. The third kappa shape index (κ3) is 3.47. The molecule has 94 valence electrons. The predicted octanol–water partition coefficient (Wildman–Crippen LogP) is 3.25. The molecule has 1 aromatic rings. The maximum atomic E-state index is 3.62. The van der Waals surface area contributed by atoms with Gasteiger partial charge < -0.3 is 10.6 Å². The monoisotopic (exact) mass is 232 g/mol. The maximum Gasteiger partial charge on any atom is 0.0372 e. The maximum absolute atomic E-state index is 3.62. The molecule has 2 atom stereocenters. The molecule has 1 aliphatic rings. The molecule has 0 aromatic heterocycles. The van der Waals surface area contributed by atoms with E-state index in [1.807, 2.05) is 0 Å². The fourth-order valence-electron chi connectivity index (χ4n) is 2.68. The first-order valence-electron chi connectivity index (χ1n) is 6.72. The zero-order valence-electron chi connectivity index (χ0n) is 11.2. The summed E-state index contributed by atoms with van der Waals surface area (Å²) in [6.07, 6.45) is 3.88. The molecular weight excluding hydrogens is 208 g/mol. The van der Waals surface area contributed by atoms with Crippen molar-refractivity contribution in [3.8, 4) is 0 Å². The van der Waals surface area contributed by atoms with Crippen LogP contribution in [0.3, 0.4) is 0 Å². The van der Waals surface area contributed by atoms with Crippen LogP contribution in [0.4, 0.5) is 5.69 Å². The predicted molar refractivity (Wildman–Crippen MR) is 74.6 cm³/mol. The minimum Gasteiger partial charge on any atom is -0.382 e. The Morgan fingerprint density at radius 2 is 2.24 bits per heavy atom. The third-order valence-corrected chi connectivity index (χ3v) is 3.58. The lowest BCUT2D eigenvalue weighted by Crippen LogP contribution is -2.29. The Balaban J connectivity index is 1.90. The van der Waals surface area contributed by atoms with Crippen LogP contribution >= 0.6 is 0 Å². The van der Waals surface area contributed by atoms with Crippen LogP contribution in [-0.4, -0.2) is 18.6 Å². The fraction of sp³-hybridized carbons (Fsp3) is 0.600. The van der Waals surface area contributed by atoms with Crippen LogP contribution in [0.1, 0.15) is 37.3 Å². The van der Waals surface area contributed by atoms with Crippen molar-refractivity contribution in [2.75, 3.05) is 11.9 Å². The summed E-state index contributed by atoms with van der Waals surface area (Å²) in [6.45, 7) is 7.79. The van der Waals surface area contributed by atoms with E-state index in [2.05, 4.69) is 49.6 Å². The number of benzene rings is 1. The SMILES string of the molecule is Cc1ccc(NC(C)CC2CCCN2)c(C)c1. The van der Waals surface area contributed by atoms with Crippen molar-refractivity contribution in [1.29, 1.82) is 0 Å². The van der Waals surface area contributed by atoms with Crippen LogP contribution in [0.5, 0.6) is 0 Å². The van der Waals surface area contributed by atoms with E-state index < -0.39 is 0 Å². The number of hydrogen-bond donors (Lipinski definition) is 2. The van der Waals surface area contributed by atoms with Gasteiger partial charge >= 0.3 is 0 Å². The standard InChI is InChI=1S/C15H24N2/c1-11-6-7-15(12(2)9-11)17-13(3)10-14-5-4-8-16-14/h6-7,9,13-14,16-17H,4-5,8,10H2,1-3H3. The average molecular weight is 232 g/mol. The molecule has 2 rings (SSSR count). The molecule has 0 bridgehead atoms. The number of rotatable bonds is 4. The van der Waals surface area contributed by atoms with Crippen molar-refractivity contribution < 1.29 is 0 Å². The van der Waals surface area contributed by atoms with Gasteiger partial charge in [0.1, 0.15) is 0 Å². The molecule has 0 saturated carbocycles. The van der Waals surface area contributed by atoms with E-state index >= 15 is 0 Å². The molecule has 1 fully saturated rings. The molecule has 1 saturated heterocycles. The topological polar surface area (TPSA) is 24.1 Å². The summed E-state index contributed by atoms with van der Waals surface area (Å²) >= 11 is 0. The van der Waals surface area contributed by atoms with Gasteiger partial charge in [-0.3, -0.25) is 0 Å². The van der Waals surface area contributed by atoms with Crippen molar-refractivity contribution in [2.45, 2.75) is 52.1 Å². The van der Waals surface area contributed by atoms with Gasteiger partial charge in [0.2, 0.25) is 0 Å². The summed E-state index contributed by atoms with van der Waals surface area (Å²) in [4.78, 5) is 0. The van der Waals surface area contributed by atoms with Gasteiger partial charge in [-0.05, 0) is 58.2 Å². The quantitative estimate of drug-likeness (QED) is 0.832. The summed E-state index contributed by atoms with van der Waals surface area (Å²) in [5, 5.41) is 7.18. The van der Waals surface area contributed by atoms with Crippen molar-refractivity contribution in [3.63, 3.8) is 0 Å². The summed E-state index contributed by atoms with van der Waals surface area (Å²) in [5.74, 6) is 0. The van der Waals surface area contributed by atoms with E-state index in [-0.39, 0.29) is 0 Å². The molecule has 2 N–H and O–H groups in total. The number of aryl methyl sites for hydroxylation is 2. The van der Waals surface area contributed by atoms with E-state index in [9.17, 15) is 0 Å². The Hall–Kier alpha value is -1.02. The Bertz CT molecular complexity index is 367. The molecule has 2 heteroatoms. The number of nitrogens with one attached hydrogen (secondary N) is 2. The smallest absolute Gasteiger partial charge is 0.0372 e. The van der Waals surface area contributed by atoms with Crippen LogP contribution in [0.15, 0.2) is 18.2 Å². The molecule has 0 spiro atoms. The lowest BCUT2D eigenvalue weighted by atomic mass is 10.1. The highest BCUT2D eigenvalue weighted by Crippen LogP contribution is 2.19. The van der Waals surface area contributed by atoms with Gasteiger partial charge in [0.25, 0.3) is 0 Å². The first kappa shape index (κ1) is 12.4. The third-order valence-electron chi connectivity index (χ3n) is 3.58. The van der Waals surface area contributed by atoms with Gasteiger partial charge in [0.05, 0.1) is 0 Å². The van der Waals surface area contributed by atoms with Gasteiger partial charge in [0.15, 0.2) is 0 Å². The molecule has 2 nitrogen and oxygen atoms in total. The highest BCUT2D eigenvalue weighted by atomic mass is 15.0. The van der Waals surface area contributed by atoms with Crippen LogP contribution in [0.2, 0.25) is 0 Å². The second-order valence-corrected chi connectivity index (χ2v) is 5.39. The zero-order valence-corrected chi connectivity index (χ0v) is 11.2. The highest BCUT2D eigenvalue weighted by Gasteiger charge is 2.17. The van der Waals surface area contributed by atoms with Crippen molar-refractivity contribution in [3.05, 3.63) is 29.3 Å². The van der Waals surface area contributed by atoms with E-state index in [1.165, 1.54) is 42.6 Å². The summed E-state index contributed by atoms with van der Waals surface area (Å²) in [7, 11) is 0. The molecular formula is C15H24N2. The largest absolute Gasteiger partial charge is 0.382 e. The average Bonchev–Trinajstić information content (AvgIpc) is 2.75. The van der Waals surface area contributed by atoms with E-state index in [1.54, 1.807) is 0 Å². The van der Waals surface area contributed by atoms with Gasteiger partial charge in [0, 0.05) is 17.8 Å². The molecule has 1 aliphatic heterocycles. The lowest BCUT2D eigenvalue weighted by Gasteiger charge is -2.20. The van der Waals surface area contributed by atoms with Crippen LogP contribution in [0, 0.1) is 13.8 Å². The normalized spacial score (nSPS) is 21.5. The minimum atomic E-state index is 0.534. The fourth-order valence-corrected chi connectivity index (χ4v) is 2.68. The van der Waals surface area contributed by atoms with Gasteiger partial charge in [-0.25, -0.2) is 0 Å². The van der Waals surface area contributed by atoms with E-state index in [0.29, 0.717) is 12.1 Å². The van der Waals surface area contributed by atoms with E-state index in [4.69, 9.17) is 0 Å². The van der Waals surface area contributed by atoms with Crippen molar-refractivity contribution in [2.24, 2.45) is 0 Å². The number of anilines is 1. The Morgan fingerprint density at radius 3 is 2.88 bits per heavy atom. The summed E-state index contributed by atoms with van der Waals surface area (Å²) in [6, 6.07) is 7.86. The number of hydrogen-bond acceptors (Lipinski definition) is 2. The molecule has 1 aromatic carbocycles. The first-order chi connectivity index (χ1) is 8.15. The summed E-state index contributed by atoms with van der Waals surface area (Å²) < 4.78 is 0. The molecule has 1 heterocycles. The lowest BCUT2D eigenvalue weighted by molar-refractivity contribution is 0.523. The highest BCUT2D eigenvalue weighted by molar-refractivity contribution is 5.52.